The van der Waals surface area contributed by atoms with Gasteiger partial charge in [-0.25, -0.2) is 0 Å². The van der Waals surface area contributed by atoms with Gasteiger partial charge in [-0.3, -0.25) is 0 Å². The maximum absolute atomic E-state index is 8.71. The maximum atomic E-state index is 8.71. The van der Waals surface area contributed by atoms with Crippen LogP contribution in [0.4, 0.5) is 5.69 Å². The molecule has 2 aromatic carbocycles. The molecule has 0 aromatic heterocycles. The Morgan fingerprint density at radius 1 is 0.955 bits per heavy atom. The van der Waals surface area contributed by atoms with E-state index in [9.17, 15) is 0 Å². The fourth-order valence-corrected chi connectivity index (χ4v) is 1.99. The predicted octanol–water partition coefficient (Wildman–Crippen LogP) is 3.46. The van der Waals surface area contributed by atoms with Crippen molar-refractivity contribution in [3.8, 4) is 11.5 Å². The van der Waals surface area contributed by atoms with Gasteiger partial charge < -0.3 is 19.9 Å². The smallest absolute Gasteiger partial charge is 0.119 e. The monoisotopic (exact) mass is 301 g/mol. The first-order valence-electron chi connectivity index (χ1n) is 7.50. The van der Waals surface area contributed by atoms with Crippen LogP contribution >= 0.6 is 0 Å². The molecule has 22 heavy (non-hydrogen) atoms. The summed E-state index contributed by atoms with van der Waals surface area (Å²) in [4.78, 5) is 0. The van der Waals surface area contributed by atoms with E-state index >= 15 is 0 Å². The lowest BCUT2D eigenvalue weighted by Gasteiger charge is -2.11. The Morgan fingerprint density at radius 3 is 2.18 bits per heavy atom. The zero-order valence-electron chi connectivity index (χ0n) is 13.1. The Morgan fingerprint density at radius 2 is 1.59 bits per heavy atom. The van der Waals surface area contributed by atoms with Gasteiger partial charge in [-0.15, -0.1) is 0 Å². The number of aliphatic hydroxyl groups is 1. The Hall–Kier alpha value is -2.20. The summed E-state index contributed by atoms with van der Waals surface area (Å²) in [5.74, 6) is 1.65. The molecule has 0 fully saturated rings. The van der Waals surface area contributed by atoms with E-state index in [4.69, 9.17) is 14.6 Å². The minimum absolute atomic E-state index is 0.0243. The van der Waals surface area contributed by atoms with Crippen molar-refractivity contribution in [3.05, 3.63) is 54.1 Å². The van der Waals surface area contributed by atoms with Crippen molar-refractivity contribution in [3.63, 3.8) is 0 Å². The van der Waals surface area contributed by atoms with Crippen LogP contribution in [0.5, 0.6) is 11.5 Å². The summed E-state index contributed by atoms with van der Waals surface area (Å²) < 4.78 is 11.0. The minimum Gasteiger partial charge on any atom is -0.491 e. The lowest BCUT2D eigenvalue weighted by Crippen LogP contribution is -2.05. The standard InChI is InChI=1S/C18H23NO3/c1-14(2)22-18-7-3-15(4-8-18)13-19-16-5-9-17(10-6-16)21-12-11-20/h3-10,14,19-20H,11-13H2,1-2H3. The highest BCUT2D eigenvalue weighted by molar-refractivity contribution is 5.47. The first-order chi connectivity index (χ1) is 10.7. The number of hydrogen-bond donors (Lipinski definition) is 2. The second kappa shape index (κ2) is 8.29. The zero-order valence-corrected chi connectivity index (χ0v) is 13.1. The number of rotatable bonds is 8. The van der Waals surface area contributed by atoms with Gasteiger partial charge in [0.05, 0.1) is 12.7 Å². The van der Waals surface area contributed by atoms with Gasteiger partial charge in [0.1, 0.15) is 18.1 Å². The van der Waals surface area contributed by atoms with Crippen LogP contribution in [0, 0.1) is 0 Å². The highest BCUT2D eigenvalue weighted by Gasteiger charge is 1.99. The molecule has 0 saturated carbocycles. The molecule has 0 radical (unpaired) electrons. The van der Waals surface area contributed by atoms with Crippen LogP contribution in [0.1, 0.15) is 19.4 Å². The summed E-state index contributed by atoms with van der Waals surface area (Å²) in [7, 11) is 0. The topological polar surface area (TPSA) is 50.7 Å². The summed E-state index contributed by atoms with van der Waals surface area (Å²) in [5, 5.41) is 12.1. The van der Waals surface area contributed by atoms with Gasteiger partial charge in [-0.05, 0) is 55.8 Å². The third kappa shape index (κ3) is 5.30. The predicted molar refractivity (Wildman–Crippen MR) is 88.6 cm³/mol. The maximum Gasteiger partial charge on any atom is 0.119 e. The molecular weight excluding hydrogens is 278 g/mol. The SMILES string of the molecule is CC(C)Oc1ccc(CNc2ccc(OCCO)cc2)cc1. The van der Waals surface area contributed by atoms with E-state index in [0.717, 1.165) is 23.7 Å². The quantitative estimate of drug-likeness (QED) is 0.784. The van der Waals surface area contributed by atoms with Gasteiger partial charge in [0.2, 0.25) is 0 Å². The van der Waals surface area contributed by atoms with Crippen molar-refractivity contribution < 1.29 is 14.6 Å². The largest absolute Gasteiger partial charge is 0.491 e. The number of hydrogen-bond acceptors (Lipinski definition) is 4. The Labute approximate surface area is 131 Å². The van der Waals surface area contributed by atoms with Crippen molar-refractivity contribution in [2.45, 2.75) is 26.5 Å². The lowest BCUT2D eigenvalue weighted by molar-refractivity contribution is 0.201. The van der Waals surface area contributed by atoms with Crippen molar-refractivity contribution in [2.75, 3.05) is 18.5 Å². The van der Waals surface area contributed by atoms with Crippen LogP contribution in [0.2, 0.25) is 0 Å². The van der Waals surface area contributed by atoms with Crippen LogP contribution in [-0.2, 0) is 6.54 Å². The van der Waals surface area contributed by atoms with Crippen LogP contribution in [0.3, 0.4) is 0 Å². The Kier molecular flexibility index (Phi) is 6.10. The second-order valence-corrected chi connectivity index (χ2v) is 5.26. The van der Waals surface area contributed by atoms with Gasteiger partial charge in [-0.1, -0.05) is 12.1 Å². The highest BCUT2D eigenvalue weighted by atomic mass is 16.5. The van der Waals surface area contributed by atoms with Crippen LogP contribution < -0.4 is 14.8 Å². The summed E-state index contributed by atoms with van der Waals surface area (Å²) in [5.41, 5.74) is 2.22. The minimum atomic E-state index is 0.0243. The molecule has 0 unspecified atom stereocenters. The molecule has 0 aliphatic rings. The Balaban J connectivity index is 1.84. The summed E-state index contributed by atoms with van der Waals surface area (Å²) >= 11 is 0. The van der Waals surface area contributed by atoms with Crippen molar-refractivity contribution in [2.24, 2.45) is 0 Å². The molecule has 2 N–H and O–H groups in total. The Bertz CT molecular complexity index is 550. The number of ether oxygens (including phenoxy) is 2. The van der Waals surface area contributed by atoms with Gasteiger partial charge in [-0.2, -0.15) is 0 Å². The molecule has 4 nitrogen and oxygen atoms in total. The molecule has 0 aliphatic heterocycles. The molecule has 4 heteroatoms. The highest BCUT2D eigenvalue weighted by Crippen LogP contribution is 2.18. The van der Waals surface area contributed by atoms with E-state index in [-0.39, 0.29) is 12.7 Å². The molecule has 0 aliphatic carbocycles. The van der Waals surface area contributed by atoms with Crippen LogP contribution in [0.25, 0.3) is 0 Å². The first kappa shape index (κ1) is 16.2. The van der Waals surface area contributed by atoms with E-state index in [0.29, 0.717) is 6.61 Å². The molecule has 0 heterocycles. The molecule has 2 aromatic rings. The number of anilines is 1. The van der Waals surface area contributed by atoms with E-state index in [1.54, 1.807) is 0 Å². The molecule has 0 bridgehead atoms. The van der Waals surface area contributed by atoms with Crippen molar-refractivity contribution in [1.29, 1.82) is 0 Å². The third-order valence-electron chi connectivity index (χ3n) is 3.01. The van der Waals surface area contributed by atoms with E-state index < -0.39 is 0 Å². The number of aliphatic hydroxyl groups excluding tert-OH is 1. The van der Waals surface area contributed by atoms with E-state index in [1.165, 1.54) is 5.56 Å². The molecule has 2 rings (SSSR count). The van der Waals surface area contributed by atoms with Crippen molar-refractivity contribution >= 4 is 5.69 Å². The summed E-state index contributed by atoms with van der Waals surface area (Å²) in [6, 6.07) is 15.8. The fraction of sp³-hybridized carbons (Fsp3) is 0.333. The second-order valence-electron chi connectivity index (χ2n) is 5.26. The summed E-state index contributed by atoms with van der Waals surface area (Å²) in [6.07, 6.45) is 0.190. The number of nitrogens with one attached hydrogen (secondary N) is 1. The van der Waals surface area contributed by atoms with Crippen LogP contribution in [0.15, 0.2) is 48.5 Å². The van der Waals surface area contributed by atoms with Crippen LogP contribution in [-0.4, -0.2) is 24.4 Å². The molecule has 0 atom stereocenters. The summed E-state index contributed by atoms with van der Waals surface area (Å²) in [6.45, 7) is 5.12. The molecule has 0 saturated heterocycles. The first-order valence-corrected chi connectivity index (χ1v) is 7.50. The lowest BCUT2D eigenvalue weighted by atomic mass is 10.2. The van der Waals surface area contributed by atoms with E-state index in [2.05, 4.69) is 17.4 Å². The van der Waals surface area contributed by atoms with E-state index in [1.807, 2.05) is 50.2 Å². The molecule has 0 amide bonds. The van der Waals surface area contributed by atoms with Gasteiger partial charge >= 0.3 is 0 Å². The zero-order chi connectivity index (χ0) is 15.8. The average molecular weight is 301 g/mol. The number of benzene rings is 2. The molecule has 0 spiro atoms. The average Bonchev–Trinajstić information content (AvgIpc) is 2.53. The molecule has 118 valence electrons. The normalized spacial score (nSPS) is 10.5. The third-order valence-corrected chi connectivity index (χ3v) is 3.01. The van der Waals surface area contributed by atoms with Crippen molar-refractivity contribution in [1.82, 2.24) is 0 Å². The fourth-order valence-electron chi connectivity index (χ4n) is 1.99. The van der Waals surface area contributed by atoms with Gasteiger partial charge in [0, 0.05) is 12.2 Å². The van der Waals surface area contributed by atoms with Gasteiger partial charge in [0.15, 0.2) is 0 Å². The van der Waals surface area contributed by atoms with Gasteiger partial charge in [0.25, 0.3) is 0 Å². The molecular formula is C18H23NO3.